The number of aromatic nitrogens is 2. The number of phenolic OH excluding ortho intramolecular Hbond substituents is 1. The molecular weight excluding hydrogens is 302 g/mol. The SMILES string of the molecule is Oc1ccc(CC[C@@H]2CCCCN2Cc2noc(C3CC3)n2)cc1. The highest BCUT2D eigenvalue weighted by atomic mass is 16.5. The molecule has 4 rings (SSSR count). The average Bonchev–Trinajstić information content (AvgIpc) is 3.35. The van der Waals surface area contributed by atoms with E-state index in [1.165, 1.54) is 37.7 Å². The normalized spacial score (nSPS) is 21.9. The summed E-state index contributed by atoms with van der Waals surface area (Å²) in [7, 11) is 0. The first-order chi connectivity index (χ1) is 11.8. The molecule has 0 unspecified atom stereocenters. The Bertz CT molecular complexity index is 664. The Kier molecular flexibility index (Phi) is 4.52. The van der Waals surface area contributed by atoms with Crippen LogP contribution in [0, 0.1) is 0 Å². The second kappa shape index (κ2) is 6.93. The second-order valence-corrected chi connectivity index (χ2v) is 7.15. The lowest BCUT2D eigenvalue weighted by Crippen LogP contribution is -2.39. The number of hydrogen-bond acceptors (Lipinski definition) is 5. The molecule has 2 aromatic rings. The molecule has 1 saturated carbocycles. The first kappa shape index (κ1) is 15.6. The Morgan fingerprint density at radius 2 is 1.96 bits per heavy atom. The number of hydrogen-bond donors (Lipinski definition) is 1. The zero-order valence-corrected chi connectivity index (χ0v) is 14.0. The van der Waals surface area contributed by atoms with Crippen LogP contribution in [0.25, 0.3) is 0 Å². The number of likely N-dealkylation sites (tertiary alicyclic amines) is 1. The van der Waals surface area contributed by atoms with Crippen molar-refractivity contribution >= 4 is 0 Å². The zero-order valence-electron chi connectivity index (χ0n) is 14.0. The third-order valence-corrected chi connectivity index (χ3v) is 5.21. The van der Waals surface area contributed by atoms with Gasteiger partial charge < -0.3 is 9.63 Å². The van der Waals surface area contributed by atoms with Gasteiger partial charge in [0.25, 0.3) is 0 Å². The Morgan fingerprint density at radius 1 is 1.12 bits per heavy atom. The van der Waals surface area contributed by atoms with Gasteiger partial charge in [0.2, 0.25) is 5.89 Å². The molecule has 2 heterocycles. The van der Waals surface area contributed by atoms with Gasteiger partial charge in [0, 0.05) is 12.0 Å². The molecule has 1 saturated heterocycles. The minimum Gasteiger partial charge on any atom is -0.508 e. The van der Waals surface area contributed by atoms with E-state index in [4.69, 9.17) is 4.52 Å². The van der Waals surface area contributed by atoms with E-state index in [1.807, 2.05) is 12.1 Å². The molecule has 1 aliphatic carbocycles. The minimum absolute atomic E-state index is 0.335. The Hall–Kier alpha value is -1.88. The molecule has 0 spiro atoms. The molecule has 5 nitrogen and oxygen atoms in total. The van der Waals surface area contributed by atoms with Crippen molar-refractivity contribution in [2.24, 2.45) is 0 Å². The summed E-state index contributed by atoms with van der Waals surface area (Å²) in [6, 6.07) is 8.16. The zero-order chi connectivity index (χ0) is 16.4. The number of aryl methyl sites for hydroxylation is 1. The van der Waals surface area contributed by atoms with Crippen LogP contribution >= 0.6 is 0 Å². The monoisotopic (exact) mass is 327 g/mol. The second-order valence-electron chi connectivity index (χ2n) is 7.15. The maximum absolute atomic E-state index is 9.39. The maximum Gasteiger partial charge on any atom is 0.229 e. The number of benzene rings is 1. The highest BCUT2D eigenvalue weighted by molar-refractivity contribution is 5.26. The maximum atomic E-state index is 9.39. The van der Waals surface area contributed by atoms with Crippen LogP contribution in [0.2, 0.25) is 0 Å². The molecule has 0 radical (unpaired) electrons. The molecule has 128 valence electrons. The molecule has 2 fully saturated rings. The predicted molar refractivity (Wildman–Crippen MR) is 90.7 cm³/mol. The summed E-state index contributed by atoms with van der Waals surface area (Å²) in [6.07, 6.45) is 8.37. The number of piperidine rings is 1. The number of nitrogens with zero attached hydrogens (tertiary/aromatic N) is 3. The van der Waals surface area contributed by atoms with Gasteiger partial charge in [-0.1, -0.05) is 23.7 Å². The molecule has 0 bridgehead atoms. The van der Waals surface area contributed by atoms with Crippen molar-refractivity contribution in [3.8, 4) is 5.75 Å². The van der Waals surface area contributed by atoms with Gasteiger partial charge in [-0.2, -0.15) is 4.98 Å². The summed E-state index contributed by atoms with van der Waals surface area (Å²) in [5, 5.41) is 13.6. The number of phenols is 1. The number of rotatable bonds is 6. The Labute approximate surface area is 142 Å². The Balaban J connectivity index is 1.35. The van der Waals surface area contributed by atoms with Gasteiger partial charge in [-0.05, 0) is 62.8 Å². The minimum atomic E-state index is 0.335. The van der Waals surface area contributed by atoms with Crippen molar-refractivity contribution in [3.05, 3.63) is 41.5 Å². The van der Waals surface area contributed by atoms with E-state index < -0.39 is 0 Å². The van der Waals surface area contributed by atoms with Crippen LogP contribution in [0.3, 0.4) is 0 Å². The van der Waals surface area contributed by atoms with Crippen LogP contribution in [0.15, 0.2) is 28.8 Å². The van der Waals surface area contributed by atoms with Crippen LogP contribution < -0.4 is 0 Å². The first-order valence-electron chi connectivity index (χ1n) is 9.12. The molecule has 1 N–H and O–H groups in total. The average molecular weight is 327 g/mol. The smallest absolute Gasteiger partial charge is 0.229 e. The Morgan fingerprint density at radius 3 is 2.75 bits per heavy atom. The van der Waals surface area contributed by atoms with Gasteiger partial charge in [0.15, 0.2) is 5.82 Å². The molecule has 1 aliphatic heterocycles. The summed E-state index contributed by atoms with van der Waals surface area (Å²) in [5.74, 6) is 2.54. The van der Waals surface area contributed by atoms with Gasteiger partial charge >= 0.3 is 0 Å². The van der Waals surface area contributed by atoms with Gasteiger partial charge in [-0.25, -0.2) is 0 Å². The third kappa shape index (κ3) is 3.78. The van der Waals surface area contributed by atoms with Gasteiger partial charge in [-0.3, -0.25) is 4.90 Å². The molecule has 1 atom stereocenters. The highest BCUT2D eigenvalue weighted by Crippen LogP contribution is 2.39. The summed E-state index contributed by atoms with van der Waals surface area (Å²) in [4.78, 5) is 7.10. The highest BCUT2D eigenvalue weighted by Gasteiger charge is 2.30. The molecule has 1 aromatic heterocycles. The van der Waals surface area contributed by atoms with Crippen molar-refractivity contribution < 1.29 is 9.63 Å². The van der Waals surface area contributed by atoms with E-state index in [-0.39, 0.29) is 0 Å². The lowest BCUT2D eigenvalue weighted by atomic mass is 9.96. The van der Waals surface area contributed by atoms with Gasteiger partial charge in [-0.15, -0.1) is 0 Å². The van der Waals surface area contributed by atoms with Crippen LogP contribution in [0.4, 0.5) is 0 Å². The standard InChI is InChI=1S/C19H25N3O2/c23-17-10-5-14(6-11-17)4-9-16-3-1-2-12-22(16)13-18-20-19(24-21-18)15-7-8-15/h5-6,10-11,15-16,23H,1-4,7-9,12-13H2/t16-/m0/s1. The third-order valence-electron chi connectivity index (χ3n) is 5.21. The van der Waals surface area contributed by atoms with Crippen LogP contribution in [-0.4, -0.2) is 32.7 Å². The summed E-state index contributed by atoms with van der Waals surface area (Å²) >= 11 is 0. The number of aromatic hydroxyl groups is 1. The van der Waals surface area contributed by atoms with Crippen molar-refractivity contribution in [2.75, 3.05) is 6.54 Å². The van der Waals surface area contributed by atoms with E-state index in [2.05, 4.69) is 15.0 Å². The predicted octanol–water partition coefficient (Wildman–Crippen LogP) is 3.64. The van der Waals surface area contributed by atoms with Crippen molar-refractivity contribution in [3.63, 3.8) is 0 Å². The molecule has 24 heavy (non-hydrogen) atoms. The fraction of sp³-hybridized carbons (Fsp3) is 0.579. The topological polar surface area (TPSA) is 62.4 Å². The van der Waals surface area contributed by atoms with Crippen molar-refractivity contribution in [1.29, 1.82) is 0 Å². The van der Waals surface area contributed by atoms with Crippen molar-refractivity contribution in [2.45, 2.75) is 63.5 Å². The fourth-order valence-electron chi connectivity index (χ4n) is 3.60. The van der Waals surface area contributed by atoms with E-state index in [9.17, 15) is 5.11 Å². The molecule has 1 aromatic carbocycles. The summed E-state index contributed by atoms with van der Waals surface area (Å²) < 4.78 is 5.39. The molecular formula is C19H25N3O2. The van der Waals surface area contributed by atoms with Crippen LogP contribution in [0.5, 0.6) is 5.75 Å². The molecule has 5 heteroatoms. The van der Waals surface area contributed by atoms with E-state index in [1.54, 1.807) is 12.1 Å². The summed E-state index contributed by atoms with van der Waals surface area (Å²) in [6.45, 7) is 1.92. The largest absolute Gasteiger partial charge is 0.508 e. The molecule has 2 aliphatic rings. The summed E-state index contributed by atoms with van der Waals surface area (Å²) in [5.41, 5.74) is 1.29. The van der Waals surface area contributed by atoms with E-state index in [0.29, 0.717) is 17.7 Å². The van der Waals surface area contributed by atoms with Crippen LogP contribution in [0.1, 0.15) is 61.7 Å². The fourth-order valence-corrected chi connectivity index (χ4v) is 3.60. The first-order valence-corrected chi connectivity index (χ1v) is 9.12. The lowest BCUT2D eigenvalue weighted by molar-refractivity contribution is 0.128. The lowest BCUT2D eigenvalue weighted by Gasteiger charge is -2.35. The van der Waals surface area contributed by atoms with Gasteiger partial charge in [0.05, 0.1) is 6.54 Å². The van der Waals surface area contributed by atoms with E-state index >= 15 is 0 Å². The molecule has 0 amide bonds. The van der Waals surface area contributed by atoms with Gasteiger partial charge in [0.1, 0.15) is 5.75 Å². The van der Waals surface area contributed by atoms with E-state index in [0.717, 1.165) is 37.6 Å². The quantitative estimate of drug-likeness (QED) is 0.877. The van der Waals surface area contributed by atoms with Crippen molar-refractivity contribution in [1.82, 2.24) is 15.0 Å². The van der Waals surface area contributed by atoms with Crippen LogP contribution in [-0.2, 0) is 13.0 Å².